The number of benzene rings is 1. The highest BCUT2D eigenvalue weighted by Gasteiger charge is 2.12. The number of nitro benzene ring substituents is 1. The van der Waals surface area contributed by atoms with E-state index in [1.54, 1.807) is 19.1 Å². The Labute approximate surface area is 106 Å². The van der Waals surface area contributed by atoms with Crippen molar-refractivity contribution in [1.82, 2.24) is 5.32 Å². The van der Waals surface area contributed by atoms with Crippen molar-refractivity contribution in [3.63, 3.8) is 0 Å². The van der Waals surface area contributed by atoms with Crippen molar-refractivity contribution >= 4 is 11.6 Å². The largest absolute Gasteiger partial charge is 0.348 e. The molecule has 0 saturated heterocycles. The molecule has 0 radical (unpaired) electrons. The maximum absolute atomic E-state index is 11.4. The predicted octanol–water partition coefficient (Wildman–Crippen LogP) is 2.49. The molecule has 0 unspecified atom stereocenters. The van der Waals surface area contributed by atoms with Crippen molar-refractivity contribution in [2.75, 3.05) is 0 Å². The molecule has 0 aromatic heterocycles. The fourth-order valence-electron chi connectivity index (χ4n) is 1.55. The van der Waals surface area contributed by atoms with Crippen LogP contribution in [0.3, 0.4) is 0 Å². The summed E-state index contributed by atoms with van der Waals surface area (Å²) in [6.45, 7) is 5.63. The molecule has 0 aliphatic carbocycles. The summed E-state index contributed by atoms with van der Waals surface area (Å²) in [6, 6.07) is 4.84. The van der Waals surface area contributed by atoms with E-state index < -0.39 is 4.92 Å². The molecule has 0 spiro atoms. The third kappa shape index (κ3) is 3.69. The molecule has 1 amide bonds. The minimum absolute atomic E-state index is 0.0731. The number of carbonyl (C=O) groups is 1. The maximum atomic E-state index is 11.4. The molecule has 0 saturated carbocycles. The van der Waals surface area contributed by atoms with Gasteiger partial charge in [0, 0.05) is 24.3 Å². The Kier molecular flexibility index (Phi) is 4.59. The first-order valence-corrected chi connectivity index (χ1v) is 5.57. The third-order valence-electron chi connectivity index (χ3n) is 2.49. The second kappa shape index (κ2) is 5.95. The summed E-state index contributed by atoms with van der Waals surface area (Å²) in [6.07, 6.45) is 1.49. The molecular formula is C13H16N2O3. The molecule has 0 heterocycles. The summed E-state index contributed by atoms with van der Waals surface area (Å²) in [5.41, 5.74) is 2.31. The second-order valence-electron chi connectivity index (χ2n) is 4.26. The monoisotopic (exact) mass is 248 g/mol. The summed E-state index contributed by atoms with van der Waals surface area (Å²) < 4.78 is 0. The van der Waals surface area contributed by atoms with Gasteiger partial charge >= 0.3 is 0 Å². The number of nitrogens with zero attached hydrogens (tertiary/aromatic N) is 1. The lowest BCUT2D eigenvalue weighted by atomic mass is 10.1. The summed E-state index contributed by atoms with van der Waals surface area (Å²) >= 11 is 0. The molecule has 0 atom stereocenters. The van der Waals surface area contributed by atoms with Gasteiger partial charge in [-0.25, -0.2) is 0 Å². The second-order valence-corrected chi connectivity index (χ2v) is 4.26. The number of amides is 1. The van der Waals surface area contributed by atoms with Crippen LogP contribution in [0.25, 0.3) is 0 Å². The Bertz CT molecular complexity index is 503. The highest BCUT2D eigenvalue weighted by Crippen LogP contribution is 2.20. The molecule has 0 fully saturated rings. The van der Waals surface area contributed by atoms with E-state index in [9.17, 15) is 14.9 Å². The molecule has 5 nitrogen and oxygen atoms in total. The highest BCUT2D eigenvalue weighted by molar-refractivity contribution is 5.88. The standard InChI is InChI=1S/C13H16N2O3/c1-9(2)7-13(16)14-8-11-5-4-6-12(10(11)3)15(17)18/h4-7H,8H2,1-3H3,(H,14,16). The van der Waals surface area contributed by atoms with Crippen LogP contribution >= 0.6 is 0 Å². The van der Waals surface area contributed by atoms with Crippen LogP contribution in [-0.4, -0.2) is 10.8 Å². The zero-order valence-electron chi connectivity index (χ0n) is 10.7. The van der Waals surface area contributed by atoms with E-state index >= 15 is 0 Å². The van der Waals surface area contributed by atoms with Crippen molar-refractivity contribution in [2.45, 2.75) is 27.3 Å². The van der Waals surface area contributed by atoms with Crippen molar-refractivity contribution in [2.24, 2.45) is 0 Å². The summed E-state index contributed by atoms with van der Waals surface area (Å²) in [4.78, 5) is 21.8. The van der Waals surface area contributed by atoms with E-state index in [1.807, 2.05) is 13.8 Å². The lowest BCUT2D eigenvalue weighted by Crippen LogP contribution is -2.21. The minimum atomic E-state index is -0.420. The van der Waals surface area contributed by atoms with E-state index in [0.717, 1.165) is 11.1 Å². The summed E-state index contributed by atoms with van der Waals surface area (Å²) in [5.74, 6) is -0.194. The third-order valence-corrected chi connectivity index (χ3v) is 2.49. The fourth-order valence-corrected chi connectivity index (χ4v) is 1.55. The fraction of sp³-hybridized carbons (Fsp3) is 0.308. The Balaban J connectivity index is 2.80. The van der Waals surface area contributed by atoms with Gasteiger partial charge in [-0.15, -0.1) is 0 Å². The zero-order valence-corrected chi connectivity index (χ0v) is 10.7. The van der Waals surface area contributed by atoms with E-state index in [-0.39, 0.29) is 18.1 Å². The van der Waals surface area contributed by atoms with E-state index in [2.05, 4.69) is 5.32 Å². The Morgan fingerprint density at radius 1 is 1.44 bits per heavy atom. The SMILES string of the molecule is CC(C)=CC(=O)NCc1cccc([N+](=O)[O-])c1C. The molecule has 0 aliphatic rings. The number of nitro groups is 1. The zero-order chi connectivity index (χ0) is 13.7. The first-order valence-electron chi connectivity index (χ1n) is 5.57. The van der Waals surface area contributed by atoms with Crippen LogP contribution < -0.4 is 5.32 Å². The smallest absolute Gasteiger partial charge is 0.272 e. The first kappa shape index (κ1) is 13.9. The maximum Gasteiger partial charge on any atom is 0.272 e. The van der Waals surface area contributed by atoms with Gasteiger partial charge < -0.3 is 5.32 Å². The number of hydrogen-bond donors (Lipinski definition) is 1. The Hall–Kier alpha value is -2.17. The average molecular weight is 248 g/mol. The minimum Gasteiger partial charge on any atom is -0.348 e. The van der Waals surface area contributed by atoms with Crippen LogP contribution in [0.4, 0.5) is 5.69 Å². The number of rotatable bonds is 4. The quantitative estimate of drug-likeness (QED) is 0.505. The number of carbonyl (C=O) groups excluding carboxylic acids is 1. The van der Waals surface area contributed by atoms with Crippen LogP contribution in [0.15, 0.2) is 29.8 Å². The summed E-state index contributed by atoms with van der Waals surface area (Å²) in [7, 11) is 0. The molecule has 18 heavy (non-hydrogen) atoms. The molecule has 0 aliphatic heterocycles. The Morgan fingerprint density at radius 2 is 2.11 bits per heavy atom. The van der Waals surface area contributed by atoms with Crippen LogP contribution in [-0.2, 0) is 11.3 Å². The predicted molar refractivity (Wildman–Crippen MR) is 69.1 cm³/mol. The normalized spacial score (nSPS) is 9.72. The lowest BCUT2D eigenvalue weighted by Gasteiger charge is -2.07. The molecule has 5 heteroatoms. The molecule has 1 N–H and O–H groups in total. The molecule has 1 aromatic carbocycles. The number of hydrogen-bond acceptors (Lipinski definition) is 3. The van der Waals surface area contributed by atoms with Gasteiger partial charge in [0.2, 0.25) is 5.91 Å². The van der Waals surface area contributed by atoms with Crippen molar-refractivity contribution in [1.29, 1.82) is 0 Å². The van der Waals surface area contributed by atoms with Crippen molar-refractivity contribution < 1.29 is 9.72 Å². The van der Waals surface area contributed by atoms with E-state index in [0.29, 0.717) is 5.56 Å². The van der Waals surface area contributed by atoms with Crippen LogP contribution in [0.2, 0.25) is 0 Å². The van der Waals surface area contributed by atoms with Gasteiger partial charge in [0.1, 0.15) is 0 Å². The van der Waals surface area contributed by atoms with Gasteiger partial charge in [-0.3, -0.25) is 14.9 Å². The first-order chi connectivity index (χ1) is 8.41. The number of allylic oxidation sites excluding steroid dienone is 1. The topological polar surface area (TPSA) is 72.2 Å². The Morgan fingerprint density at radius 3 is 2.67 bits per heavy atom. The van der Waals surface area contributed by atoms with Crippen molar-refractivity contribution in [3.8, 4) is 0 Å². The average Bonchev–Trinajstić information content (AvgIpc) is 2.26. The van der Waals surface area contributed by atoms with Gasteiger partial charge in [-0.2, -0.15) is 0 Å². The molecular weight excluding hydrogens is 232 g/mol. The van der Waals surface area contributed by atoms with Gasteiger partial charge in [0.15, 0.2) is 0 Å². The van der Waals surface area contributed by atoms with Crippen LogP contribution in [0.5, 0.6) is 0 Å². The van der Waals surface area contributed by atoms with Gasteiger partial charge in [0.05, 0.1) is 4.92 Å². The highest BCUT2D eigenvalue weighted by atomic mass is 16.6. The van der Waals surface area contributed by atoms with E-state index in [4.69, 9.17) is 0 Å². The van der Waals surface area contributed by atoms with Gasteiger partial charge in [-0.1, -0.05) is 17.7 Å². The number of nitrogens with one attached hydrogen (secondary N) is 1. The van der Waals surface area contributed by atoms with Crippen molar-refractivity contribution in [3.05, 3.63) is 51.1 Å². The van der Waals surface area contributed by atoms with Gasteiger partial charge in [0.25, 0.3) is 5.69 Å². The lowest BCUT2D eigenvalue weighted by molar-refractivity contribution is -0.385. The molecule has 1 rings (SSSR count). The molecule has 0 bridgehead atoms. The molecule has 96 valence electrons. The van der Waals surface area contributed by atoms with Crippen LogP contribution in [0, 0.1) is 17.0 Å². The molecule has 1 aromatic rings. The summed E-state index contributed by atoms with van der Waals surface area (Å²) in [5, 5.41) is 13.5. The van der Waals surface area contributed by atoms with Crippen LogP contribution in [0.1, 0.15) is 25.0 Å². The van der Waals surface area contributed by atoms with Gasteiger partial charge in [-0.05, 0) is 26.3 Å². The van der Waals surface area contributed by atoms with E-state index in [1.165, 1.54) is 12.1 Å².